The molecule has 0 aliphatic heterocycles. The number of hydrogen-bond acceptors (Lipinski definition) is 3. The Morgan fingerprint density at radius 2 is 1.59 bits per heavy atom. The summed E-state index contributed by atoms with van der Waals surface area (Å²) in [6.45, 7) is 0. The average Bonchev–Trinajstić information content (AvgIpc) is 3.10. The highest BCUT2D eigenvalue weighted by molar-refractivity contribution is 8.00. The topological polar surface area (TPSA) is 15.6 Å². The number of amidine groups is 1. The van der Waals surface area contributed by atoms with Gasteiger partial charge in [-0.3, -0.25) is 0 Å². The molecule has 0 unspecified atom stereocenters. The molecule has 2 nitrogen and oxygen atoms in total. The first-order valence-corrected chi connectivity index (χ1v) is 8.62. The van der Waals surface area contributed by atoms with Gasteiger partial charge < -0.3 is 4.90 Å². The molecule has 3 aromatic rings. The molecule has 0 radical (unpaired) electrons. The van der Waals surface area contributed by atoms with Crippen molar-refractivity contribution in [3.05, 3.63) is 83.7 Å². The highest BCUT2D eigenvalue weighted by atomic mass is 32.2. The van der Waals surface area contributed by atoms with Crippen LogP contribution in [-0.4, -0.2) is 12.9 Å². The first kappa shape index (κ1) is 14.9. The molecule has 0 saturated heterocycles. The van der Waals surface area contributed by atoms with Gasteiger partial charge in [-0.2, -0.15) is 4.40 Å². The van der Waals surface area contributed by atoms with Crippen molar-refractivity contribution in [1.29, 1.82) is 0 Å². The molecule has 0 spiro atoms. The second-order valence-corrected chi connectivity index (χ2v) is 6.71. The normalized spacial score (nSPS) is 11.4. The van der Waals surface area contributed by atoms with Gasteiger partial charge in [-0.15, -0.1) is 11.3 Å². The Labute approximate surface area is 139 Å². The van der Waals surface area contributed by atoms with Crippen LogP contribution in [0.2, 0.25) is 0 Å². The van der Waals surface area contributed by atoms with Crippen LogP contribution in [0.3, 0.4) is 0 Å². The van der Waals surface area contributed by atoms with Crippen molar-refractivity contribution in [2.24, 2.45) is 4.40 Å². The maximum absolute atomic E-state index is 4.78. The van der Waals surface area contributed by atoms with Crippen LogP contribution in [0.4, 0.5) is 5.69 Å². The van der Waals surface area contributed by atoms with E-state index in [2.05, 4.69) is 47.7 Å². The van der Waals surface area contributed by atoms with Gasteiger partial charge in [0.15, 0.2) is 0 Å². The maximum Gasteiger partial charge on any atom is 0.148 e. The average molecular weight is 324 g/mol. The minimum atomic E-state index is 0.949. The van der Waals surface area contributed by atoms with Gasteiger partial charge in [0, 0.05) is 30.2 Å². The fourth-order valence-corrected chi connectivity index (χ4v) is 3.52. The van der Waals surface area contributed by atoms with Crippen LogP contribution in [0.1, 0.15) is 5.56 Å². The molecule has 2 aromatic carbocycles. The van der Waals surface area contributed by atoms with Crippen LogP contribution in [-0.2, 0) is 0 Å². The number of benzene rings is 2. The van der Waals surface area contributed by atoms with Crippen molar-refractivity contribution in [3.63, 3.8) is 0 Å². The smallest absolute Gasteiger partial charge is 0.148 e. The van der Waals surface area contributed by atoms with Gasteiger partial charge in [-0.1, -0.05) is 54.6 Å². The van der Waals surface area contributed by atoms with Crippen LogP contribution < -0.4 is 4.90 Å². The van der Waals surface area contributed by atoms with Crippen molar-refractivity contribution < 1.29 is 0 Å². The third-order valence-electron chi connectivity index (χ3n) is 3.21. The second kappa shape index (κ2) is 7.29. The predicted molar refractivity (Wildman–Crippen MR) is 98.0 cm³/mol. The van der Waals surface area contributed by atoms with E-state index in [0.717, 1.165) is 17.1 Å². The summed E-state index contributed by atoms with van der Waals surface area (Å²) in [6, 6.07) is 24.7. The van der Waals surface area contributed by atoms with Crippen molar-refractivity contribution in [1.82, 2.24) is 0 Å². The van der Waals surface area contributed by atoms with E-state index in [0.29, 0.717) is 0 Å². The molecule has 0 aliphatic rings. The molecular weight excluding hydrogens is 308 g/mol. The molecule has 0 fully saturated rings. The molecule has 3 rings (SSSR count). The van der Waals surface area contributed by atoms with E-state index in [9.17, 15) is 0 Å². The van der Waals surface area contributed by atoms with Crippen LogP contribution in [0.25, 0.3) is 0 Å². The molecule has 1 heterocycles. The summed E-state index contributed by atoms with van der Waals surface area (Å²) in [7, 11) is 2.05. The molecule has 0 saturated carbocycles. The lowest BCUT2D eigenvalue weighted by Crippen LogP contribution is -2.26. The van der Waals surface area contributed by atoms with E-state index in [1.54, 1.807) is 11.3 Å². The summed E-state index contributed by atoms with van der Waals surface area (Å²) in [5, 5.41) is 2.07. The Balaban J connectivity index is 1.94. The Hall–Kier alpha value is -2.04. The minimum absolute atomic E-state index is 0.949. The minimum Gasteiger partial charge on any atom is -0.328 e. The summed E-state index contributed by atoms with van der Waals surface area (Å²) in [5.41, 5.74) is 2.23. The molecule has 0 amide bonds. The third kappa shape index (κ3) is 3.59. The Morgan fingerprint density at radius 1 is 0.909 bits per heavy atom. The highest BCUT2D eigenvalue weighted by Crippen LogP contribution is 2.26. The van der Waals surface area contributed by atoms with Gasteiger partial charge in [0.05, 0.1) is 4.21 Å². The fourth-order valence-electron chi connectivity index (χ4n) is 2.07. The van der Waals surface area contributed by atoms with Crippen LogP contribution in [0.15, 0.2) is 86.8 Å². The lowest BCUT2D eigenvalue weighted by molar-refractivity contribution is 1.26. The van der Waals surface area contributed by atoms with Crippen molar-refractivity contribution in [2.45, 2.75) is 4.21 Å². The third-order valence-corrected chi connectivity index (χ3v) is 4.96. The molecule has 4 heteroatoms. The van der Waals surface area contributed by atoms with E-state index in [1.165, 1.54) is 16.2 Å². The van der Waals surface area contributed by atoms with Crippen molar-refractivity contribution >= 4 is 34.8 Å². The monoisotopic (exact) mass is 324 g/mol. The van der Waals surface area contributed by atoms with E-state index in [1.807, 2.05) is 42.5 Å². The summed E-state index contributed by atoms with van der Waals surface area (Å²) >= 11 is 3.22. The molecule has 110 valence electrons. The molecule has 0 atom stereocenters. The van der Waals surface area contributed by atoms with Gasteiger partial charge in [0.25, 0.3) is 0 Å². The van der Waals surface area contributed by atoms with Gasteiger partial charge in [-0.25, -0.2) is 0 Å². The first-order chi connectivity index (χ1) is 10.8. The number of anilines is 1. The summed E-state index contributed by atoms with van der Waals surface area (Å²) < 4.78 is 5.97. The molecular formula is C18H16N2S2. The van der Waals surface area contributed by atoms with Crippen LogP contribution >= 0.6 is 23.3 Å². The van der Waals surface area contributed by atoms with E-state index in [4.69, 9.17) is 4.40 Å². The standard InChI is InChI=1S/C18H16N2S2/c1-20(16-11-6-3-7-12-16)18(15-9-4-2-5-10-15)19-22-17-13-8-14-21-17/h2-14H,1H3/b19-18+. The summed E-state index contributed by atoms with van der Waals surface area (Å²) in [5.74, 6) is 0.949. The van der Waals surface area contributed by atoms with Crippen LogP contribution in [0.5, 0.6) is 0 Å². The van der Waals surface area contributed by atoms with Gasteiger partial charge in [-0.05, 0) is 23.6 Å². The Bertz CT molecular complexity index is 722. The Kier molecular flexibility index (Phi) is 4.93. The van der Waals surface area contributed by atoms with E-state index < -0.39 is 0 Å². The van der Waals surface area contributed by atoms with Gasteiger partial charge in [0.1, 0.15) is 5.84 Å². The predicted octanol–water partition coefficient (Wildman–Crippen LogP) is 5.34. The number of para-hydroxylation sites is 1. The number of nitrogens with zero attached hydrogens (tertiary/aromatic N) is 2. The van der Waals surface area contributed by atoms with Gasteiger partial charge >= 0.3 is 0 Å². The van der Waals surface area contributed by atoms with Crippen molar-refractivity contribution in [2.75, 3.05) is 11.9 Å². The highest BCUT2D eigenvalue weighted by Gasteiger charge is 2.11. The molecule has 0 N–H and O–H groups in total. The number of rotatable bonds is 4. The maximum atomic E-state index is 4.78. The van der Waals surface area contributed by atoms with Crippen molar-refractivity contribution in [3.8, 4) is 0 Å². The second-order valence-electron chi connectivity index (χ2n) is 4.70. The summed E-state index contributed by atoms with van der Waals surface area (Å²) in [6.07, 6.45) is 0. The zero-order chi connectivity index (χ0) is 15.2. The quantitative estimate of drug-likeness (QED) is 0.366. The largest absolute Gasteiger partial charge is 0.328 e. The van der Waals surface area contributed by atoms with Gasteiger partial charge in [0.2, 0.25) is 0 Å². The van der Waals surface area contributed by atoms with Crippen LogP contribution in [0, 0.1) is 0 Å². The molecule has 1 aromatic heterocycles. The fraction of sp³-hybridized carbons (Fsp3) is 0.0556. The Morgan fingerprint density at radius 3 is 2.23 bits per heavy atom. The first-order valence-electron chi connectivity index (χ1n) is 6.97. The lowest BCUT2D eigenvalue weighted by atomic mass is 10.2. The number of hydrogen-bond donors (Lipinski definition) is 0. The van der Waals surface area contributed by atoms with E-state index >= 15 is 0 Å². The molecule has 22 heavy (non-hydrogen) atoms. The molecule has 0 bridgehead atoms. The zero-order valence-corrected chi connectivity index (χ0v) is 13.8. The lowest BCUT2D eigenvalue weighted by Gasteiger charge is -2.21. The molecule has 0 aliphatic carbocycles. The number of thiophene rings is 1. The summed E-state index contributed by atoms with van der Waals surface area (Å²) in [4.78, 5) is 2.12. The van der Waals surface area contributed by atoms with E-state index in [-0.39, 0.29) is 0 Å². The SMILES string of the molecule is CN(/C(=N/Sc1cccs1)c1ccccc1)c1ccccc1. The zero-order valence-electron chi connectivity index (χ0n) is 12.2.